The number of aromatic carboxylic acids is 1. The lowest BCUT2D eigenvalue weighted by Gasteiger charge is -2.29. The number of thiocarbonyl (C=S) groups is 1. The third-order valence-electron chi connectivity index (χ3n) is 5.33. The number of nitrogens with one attached hydrogen (secondary N) is 1. The van der Waals surface area contributed by atoms with Crippen LogP contribution < -0.4 is 10.2 Å². The second kappa shape index (κ2) is 8.44. The van der Waals surface area contributed by atoms with Crippen LogP contribution in [0.1, 0.15) is 27.3 Å². The Balaban J connectivity index is 1.73. The van der Waals surface area contributed by atoms with E-state index in [4.69, 9.17) is 17.3 Å². The Labute approximate surface area is 193 Å². The maximum atomic E-state index is 13.3. The highest BCUT2D eigenvalue weighted by Gasteiger charge is 2.34. The number of carbonyl (C=O) groups is 3. The number of aryl methyl sites for hydroxylation is 1. The quantitative estimate of drug-likeness (QED) is 0.349. The van der Waals surface area contributed by atoms with Crippen LogP contribution in [-0.2, 0) is 9.59 Å². The van der Waals surface area contributed by atoms with Gasteiger partial charge in [0.2, 0.25) is 0 Å². The fraction of sp³-hybridized carbons (Fsp3) is 0.0833. The molecule has 0 saturated carbocycles. The van der Waals surface area contributed by atoms with Crippen LogP contribution in [0.5, 0.6) is 0 Å². The topological polar surface area (TPSA) is 91.6 Å². The molecule has 7 nitrogen and oxygen atoms in total. The number of carboxylic acid groups (broad SMARTS) is 1. The third-order valence-corrected chi connectivity index (χ3v) is 5.61. The summed E-state index contributed by atoms with van der Waals surface area (Å²) in [6, 6.07) is 13.4. The second-order valence-electron chi connectivity index (χ2n) is 7.45. The largest absolute Gasteiger partial charge is 0.478 e. The fourth-order valence-corrected chi connectivity index (χ4v) is 4.00. The van der Waals surface area contributed by atoms with Crippen molar-refractivity contribution in [2.75, 3.05) is 4.90 Å². The summed E-state index contributed by atoms with van der Waals surface area (Å²) < 4.78 is 15.2. The van der Waals surface area contributed by atoms with E-state index in [9.17, 15) is 18.8 Å². The predicted octanol–water partition coefficient (Wildman–Crippen LogP) is 3.76. The molecule has 2 N–H and O–H groups in total. The van der Waals surface area contributed by atoms with Crippen molar-refractivity contribution < 1.29 is 23.9 Å². The van der Waals surface area contributed by atoms with Crippen molar-refractivity contribution in [2.24, 2.45) is 0 Å². The number of benzene rings is 2. The summed E-state index contributed by atoms with van der Waals surface area (Å²) >= 11 is 5.19. The second-order valence-corrected chi connectivity index (χ2v) is 7.83. The molecule has 3 aromatic rings. The molecule has 2 aromatic carbocycles. The van der Waals surface area contributed by atoms with Crippen molar-refractivity contribution in [2.45, 2.75) is 13.8 Å². The highest BCUT2D eigenvalue weighted by molar-refractivity contribution is 7.80. The van der Waals surface area contributed by atoms with Gasteiger partial charge < -0.3 is 9.67 Å². The summed E-state index contributed by atoms with van der Waals surface area (Å²) in [7, 11) is 0. The zero-order chi connectivity index (χ0) is 23.9. The fourth-order valence-electron chi connectivity index (χ4n) is 3.72. The Hall–Kier alpha value is -4.11. The van der Waals surface area contributed by atoms with E-state index < -0.39 is 17.8 Å². The molecule has 2 amide bonds. The molecule has 1 saturated heterocycles. The number of amides is 2. The van der Waals surface area contributed by atoms with Crippen molar-refractivity contribution >= 4 is 46.9 Å². The SMILES string of the molecule is Cc1cc(/C=C2\C(=O)NC(=S)N(c3ccc(C(=O)O)cc3)C2=O)c(C)n1-c1ccc(F)cc1. The Morgan fingerprint density at radius 3 is 2.24 bits per heavy atom. The number of anilines is 1. The predicted molar refractivity (Wildman–Crippen MR) is 125 cm³/mol. The van der Waals surface area contributed by atoms with E-state index in [-0.39, 0.29) is 22.1 Å². The van der Waals surface area contributed by atoms with Crippen LogP contribution in [0.4, 0.5) is 10.1 Å². The maximum Gasteiger partial charge on any atom is 0.335 e. The van der Waals surface area contributed by atoms with E-state index in [1.807, 2.05) is 24.5 Å². The molecule has 166 valence electrons. The molecular formula is C24H18FN3O4S. The molecular weight excluding hydrogens is 445 g/mol. The lowest BCUT2D eigenvalue weighted by atomic mass is 10.1. The number of halogens is 1. The van der Waals surface area contributed by atoms with E-state index >= 15 is 0 Å². The van der Waals surface area contributed by atoms with E-state index in [1.165, 1.54) is 42.5 Å². The molecule has 0 spiro atoms. The van der Waals surface area contributed by atoms with Crippen molar-refractivity contribution in [3.63, 3.8) is 0 Å². The van der Waals surface area contributed by atoms with Crippen molar-refractivity contribution in [3.05, 3.63) is 88.5 Å². The lowest BCUT2D eigenvalue weighted by Crippen LogP contribution is -2.54. The minimum Gasteiger partial charge on any atom is -0.478 e. The van der Waals surface area contributed by atoms with E-state index in [0.717, 1.165) is 22.0 Å². The number of hydrogen-bond donors (Lipinski definition) is 2. The van der Waals surface area contributed by atoms with Gasteiger partial charge in [-0.3, -0.25) is 19.8 Å². The molecule has 1 aromatic heterocycles. The zero-order valence-corrected chi connectivity index (χ0v) is 18.4. The normalized spacial score (nSPS) is 15.2. The average Bonchev–Trinajstić information content (AvgIpc) is 3.05. The maximum absolute atomic E-state index is 13.3. The van der Waals surface area contributed by atoms with Crippen LogP contribution in [-0.4, -0.2) is 32.6 Å². The minimum absolute atomic E-state index is 0.0576. The summed E-state index contributed by atoms with van der Waals surface area (Å²) in [4.78, 5) is 38.1. The molecule has 0 radical (unpaired) electrons. The van der Waals surface area contributed by atoms with Gasteiger partial charge in [0.25, 0.3) is 11.8 Å². The van der Waals surface area contributed by atoms with Crippen LogP contribution in [0.25, 0.3) is 11.8 Å². The van der Waals surface area contributed by atoms with E-state index in [2.05, 4.69) is 5.32 Å². The van der Waals surface area contributed by atoms with Gasteiger partial charge in [-0.1, -0.05) is 0 Å². The lowest BCUT2D eigenvalue weighted by molar-refractivity contribution is -0.122. The number of carbonyl (C=O) groups excluding carboxylic acids is 2. The number of rotatable bonds is 4. The molecule has 33 heavy (non-hydrogen) atoms. The molecule has 0 aliphatic carbocycles. The van der Waals surface area contributed by atoms with Gasteiger partial charge in [0.05, 0.1) is 11.3 Å². The zero-order valence-electron chi connectivity index (χ0n) is 17.6. The summed E-state index contributed by atoms with van der Waals surface area (Å²) in [5, 5.41) is 11.5. The Morgan fingerprint density at radius 1 is 1.03 bits per heavy atom. The van der Waals surface area contributed by atoms with Crippen LogP contribution in [0.3, 0.4) is 0 Å². The third kappa shape index (κ3) is 4.06. The van der Waals surface area contributed by atoms with Crippen molar-refractivity contribution in [1.82, 2.24) is 9.88 Å². The summed E-state index contributed by atoms with van der Waals surface area (Å²) in [6.07, 6.45) is 1.49. The highest BCUT2D eigenvalue weighted by atomic mass is 32.1. The first-order valence-electron chi connectivity index (χ1n) is 9.87. The first kappa shape index (κ1) is 22.1. The summed E-state index contributed by atoms with van der Waals surface area (Å²) in [6.45, 7) is 3.70. The van der Waals surface area contributed by atoms with E-state index in [1.54, 1.807) is 12.1 Å². The minimum atomic E-state index is -1.10. The van der Waals surface area contributed by atoms with Gasteiger partial charge in [0, 0.05) is 17.1 Å². The van der Waals surface area contributed by atoms with E-state index in [0.29, 0.717) is 11.3 Å². The number of carboxylic acids is 1. The van der Waals surface area contributed by atoms with Gasteiger partial charge in [-0.05, 0) is 92.3 Å². The summed E-state index contributed by atoms with van der Waals surface area (Å²) in [5.41, 5.74) is 3.26. The Kier molecular flexibility index (Phi) is 5.65. The monoisotopic (exact) mass is 463 g/mol. The molecule has 4 rings (SSSR count). The average molecular weight is 463 g/mol. The molecule has 1 aliphatic heterocycles. The van der Waals surface area contributed by atoms with Gasteiger partial charge in [-0.25, -0.2) is 9.18 Å². The Morgan fingerprint density at radius 2 is 1.64 bits per heavy atom. The highest BCUT2D eigenvalue weighted by Crippen LogP contribution is 2.26. The van der Waals surface area contributed by atoms with Crippen molar-refractivity contribution in [3.8, 4) is 5.69 Å². The van der Waals surface area contributed by atoms with Crippen LogP contribution in [0.2, 0.25) is 0 Å². The van der Waals surface area contributed by atoms with Gasteiger partial charge in [-0.15, -0.1) is 0 Å². The molecule has 0 bridgehead atoms. The molecule has 0 atom stereocenters. The number of aromatic nitrogens is 1. The van der Waals surface area contributed by atoms with Gasteiger partial charge in [-0.2, -0.15) is 0 Å². The van der Waals surface area contributed by atoms with Crippen LogP contribution in [0.15, 0.2) is 60.2 Å². The molecule has 1 fully saturated rings. The molecule has 0 unspecified atom stereocenters. The molecule has 9 heteroatoms. The van der Waals surface area contributed by atoms with Gasteiger partial charge in [0.1, 0.15) is 11.4 Å². The van der Waals surface area contributed by atoms with Gasteiger partial charge in [0.15, 0.2) is 5.11 Å². The number of hydrogen-bond acceptors (Lipinski definition) is 4. The Bertz CT molecular complexity index is 1340. The van der Waals surface area contributed by atoms with Crippen molar-refractivity contribution in [1.29, 1.82) is 0 Å². The summed E-state index contributed by atoms with van der Waals surface area (Å²) in [5.74, 6) is -2.70. The van der Waals surface area contributed by atoms with Crippen LogP contribution in [0, 0.1) is 19.7 Å². The van der Waals surface area contributed by atoms with Gasteiger partial charge >= 0.3 is 5.97 Å². The van der Waals surface area contributed by atoms with Crippen LogP contribution >= 0.6 is 12.2 Å². The number of nitrogens with zero attached hydrogens (tertiary/aromatic N) is 2. The standard InChI is InChI=1S/C24H18FN3O4S/c1-13-11-16(14(2)27(13)18-9-5-17(25)6-10-18)12-20-21(29)26-24(33)28(22(20)30)19-7-3-15(4-8-19)23(31)32/h3-12H,1-2H3,(H,31,32)(H,26,29,33)/b20-12+. The first-order chi connectivity index (χ1) is 15.7. The first-order valence-corrected chi connectivity index (χ1v) is 10.3. The molecule has 1 aliphatic rings. The smallest absolute Gasteiger partial charge is 0.335 e. The molecule has 2 heterocycles.